The summed E-state index contributed by atoms with van der Waals surface area (Å²) in [5, 5.41) is 6.94. The summed E-state index contributed by atoms with van der Waals surface area (Å²) < 4.78 is 23.9. The second kappa shape index (κ2) is 9.84. The Labute approximate surface area is 175 Å². The Morgan fingerprint density at radius 1 is 1.27 bits per heavy atom. The van der Waals surface area contributed by atoms with E-state index in [4.69, 9.17) is 9.26 Å². The van der Waals surface area contributed by atoms with Crippen molar-refractivity contribution in [2.45, 2.75) is 51.6 Å². The number of nitrogens with zero attached hydrogens (tertiary/aromatic N) is 2. The Morgan fingerprint density at radius 3 is 2.50 bits per heavy atom. The molecule has 0 saturated heterocycles. The predicted octanol–water partition coefficient (Wildman–Crippen LogP) is 3.32. The van der Waals surface area contributed by atoms with E-state index in [-0.39, 0.29) is 31.0 Å². The highest BCUT2D eigenvalue weighted by molar-refractivity contribution is 5.99. The number of carbonyl (C=O) groups is 2. The zero-order chi connectivity index (χ0) is 21.7. The number of amides is 2. The van der Waals surface area contributed by atoms with Crippen molar-refractivity contribution in [2.24, 2.45) is 0 Å². The van der Waals surface area contributed by atoms with Gasteiger partial charge in [-0.25, -0.2) is 4.39 Å². The molecule has 7 nitrogen and oxygen atoms in total. The molecular weight excluding hydrogens is 389 g/mol. The van der Waals surface area contributed by atoms with Crippen LogP contribution in [-0.2, 0) is 9.53 Å². The molecule has 1 atom stereocenters. The molecule has 162 valence electrons. The number of aryl methyl sites for hydroxylation is 2. The van der Waals surface area contributed by atoms with Crippen LogP contribution in [0.1, 0.15) is 59.1 Å². The van der Waals surface area contributed by atoms with Gasteiger partial charge in [0.2, 0.25) is 5.91 Å². The molecule has 1 aliphatic carbocycles. The van der Waals surface area contributed by atoms with Gasteiger partial charge in [0, 0.05) is 19.7 Å². The van der Waals surface area contributed by atoms with Crippen molar-refractivity contribution in [3.63, 3.8) is 0 Å². The van der Waals surface area contributed by atoms with Gasteiger partial charge in [-0.1, -0.05) is 30.1 Å². The van der Waals surface area contributed by atoms with Gasteiger partial charge in [-0.15, -0.1) is 0 Å². The molecule has 2 aromatic rings. The number of hydrogen-bond acceptors (Lipinski definition) is 5. The number of halogens is 1. The van der Waals surface area contributed by atoms with Crippen LogP contribution in [0.3, 0.4) is 0 Å². The van der Waals surface area contributed by atoms with Gasteiger partial charge >= 0.3 is 0 Å². The van der Waals surface area contributed by atoms with E-state index in [2.05, 4.69) is 10.5 Å². The molecule has 0 spiro atoms. The fourth-order valence-electron chi connectivity index (χ4n) is 3.94. The number of benzene rings is 1. The normalized spacial score (nSPS) is 15.2. The summed E-state index contributed by atoms with van der Waals surface area (Å²) in [6.45, 7) is 3.76. The Bertz CT molecular complexity index is 856. The van der Waals surface area contributed by atoms with Crippen molar-refractivity contribution in [1.82, 2.24) is 15.4 Å². The van der Waals surface area contributed by atoms with Crippen LogP contribution < -0.4 is 5.32 Å². The van der Waals surface area contributed by atoms with Gasteiger partial charge in [-0.3, -0.25) is 9.59 Å². The third kappa shape index (κ3) is 4.87. The summed E-state index contributed by atoms with van der Waals surface area (Å²) in [5.41, 5.74) is 1.31. The first-order chi connectivity index (χ1) is 14.4. The van der Waals surface area contributed by atoms with Gasteiger partial charge in [-0.05, 0) is 44.4 Å². The summed E-state index contributed by atoms with van der Waals surface area (Å²) in [6.07, 6.45) is 3.96. The van der Waals surface area contributed by atoms with Gasteiger partial charge < -0.3 is 19.5 Å². The van der Waals surface area contributed by atoms with Gasteiger partial charge in [0.1, 0.15) is 23.2 Å². The number of methoxy groups -OCH3 is 1. The minimum Gasteiger partial charge on any atom is -0.383 e. The monoisotopic (exact) mass is 417 g/mol. The van der Waals surface area contributed by atoms with Gasteiger partial charge in [0.15, 0.2) is 0 Å². The Kier molecular flexibility index (Phi) is 7.20. The van der Waals surface area contributed by atoms with Crippen LogP contribution in [-0.4, -0.2) is 48.2 Å². The fourth-order valence-corrected chi connectivity index (χ4v) is 3.94. The highest BCUT2D eigenvalue weighted by atomic mass is 19.1. The average molecular weight is 417 g/mol. The average Bonchev–Trinajstić information content (AvgIpc) is 3.35. The molecule has 0 radical (unpaired) electrons. The quantitative estimate of drug-likeness (QED) is 0.712. The molecular formula is C22H28FN3O4. The van der Waals surface area contributed by atoms with Gasteiger partial charge in [0.25, 0.3) is 5.91 Å². The maximum atomic E-state index is 13.5. The molecule has 1 aromatic carbocycles. The first-order valence-corrected chi connectivity index (χ1v) is 10.2. The second-order valence-corrected chi connectivity index (χ2v) is 7.63. The third-order valence-corrected chi connectivity index (χ3v) is 5.49. The van der Waals surface area contributed by atoms with Gasteiger partial charge in [0.05, 0.1) is 12.3 Å². The number of nitrogens with one attached hydrogen (secondary N) is 1. The molecule has 1 aliphatic rings. The minimum atomic E-state index is -0.928. The van der Waals surface area contributed by atoms with Crippen molar-refractivity contribution in [3.05, 3.63) is 52.7 Å². The van der Waals surface area contributed by atoms with Crippen LogP contribution in [0.25, 0.3) is 0 Å². The lowest BCUT2D eigenvalue weighted by molar-refractivity contribution is -0.126. The number of carbonyl (C=O) groups excluding carboxylic acids is 2. The Morgan fingerprint density at radius 2 is 1.93 bits per heavy atom. The molecule has 1 N–H and O–H groups in total. The Balaban J connectivity index is 1.99. The first-order valence-electron chi connectivity index (χ1n) is 10.2. The SMILES string of the molecule is COCCN(C(=O)c1c(C)noc1C)[C@H](C(=O)NC1CCCC1)c1ccc(F)cc1. The zero-order valence-corrected chi connectivity index (χ0v) is 17.6. The Hall–Kier alpha value is -2.74. The molecule has 2 amide bonds. The van der Waals surface area contributed by atoms with E-state index in [0.29, 0.717) is 22.6 Å². The number of ether oxygens (including phenoxy) is 1. The van der Waals surface area contributed by atoms with E-state index in [9.17, 15) is 14.0 Å². The molecule has 0 aliphatic heterocycles. The number of hydrogen-bond donors (Lipinski definition) is 1. The molecule has 1 heterocycles. The van der Waals surface area contributed by atoms with Crippen molar-refractivity contribution in [2.75, 3.05) is 20.3 Å². The predicted molar refractivity (Wildman–Crippen MR) is 108 cm³/mol. The van der Waals surface area contributed by atoms with Crippen molar-refractivity contribution in [3.8, 4) is 0 Å². The summed E-state index contributed by atoms with van der Waals surface area (Å²) in [5.74, 6) is -0.688. The molecule has 1 aromatic heterocycles. The number of rotatable bonds is 8. The van der Waals surface area contributed by atoms with Crippen LogP contribution in [0.2, 0.25) is 0 Å². The zero-order valence-electron chi connectivity index (χ0n) is 17.6. The van der Waals surface area contributed by atoms with Crippen LogP contribution >= 0.6 is 0 Å². The van der Waals surface area contributed by atoms with Crippen LogP contribution in [0.15, 0.2) is 28.8 Å². The summed E-state index contributed by atoms with van der Waals surface area (Å²) >= 11 is 0. The first kappa shape index (κ1) is 22.0. The maximum absolute atomic E-state index is 13.5. The standard InChI is InChI=1S/C22H28FN3O4/c1-14-19(15(2)30-25-14)22(28)26(12-13-29-3)20(16-8-10-17(23)11-9-16)21(27)24-18-6-4-5-7-18/h8-11,18,20H,4-7,12-13H2,1-3H3,(H,24,27)/t20-/m0/s1. The highest BCUT2D eigenvalue weighted by Crippen LogP contribution is 2.27. The van der Waals surface area contributed by atoms with E-state index < -0.39 is 11.9 Å². The second-order valence-electron chi connectivity index (χ2n) is 7.63. The van der Waals surface area contributed by atoms with E-state index >= 15 is 0 Å². The third-order valence-electron chi connectivity index (χ3n) is 5.49. The molecule has 30 heavy (non-hydrogen) atoms. The van der Waals surface area contributed by atoms with Crippen molar-refractivity contribution < 1.29 is 23.2 Å². The van der Waals surface area contributed by atoms with Crippen LogP contribution in [0, 0.1) is 19.7 Å². The highest BCUT2D eigenvalue weighted by Gasteiger charge is 2.35. The molecule has 1 fully saturated rings. The summed E-state index contributed by atoms with van der Waals surface area (Å²) in [4.78, 5) is 28.3. The lowest BCUT2D eigenvalue weighted by Gasteiger charge is -2.32. The lowest BCUT2D eigenvalue weighted by atomic mass is 10.0. The van der Waals surface area contributed by atoms with E-state index in [1.165, 1.54) is 36.3 Å². The largest absolute Gasteiger partial charge is 0.383 e. The lowest BCUT2D eigenvalue weighted by Crippen LogP contribution is -2.47. The van der Waals surface area contributed by atoms with E-state index in [1.54, 1.807) is 13.8 Å². The summed E-state index contributed by atoms with van der Waals surface area (Å²) in [7, 11) is 1.53. The smallest absolute Gasteiger partial charge is 0.260 e. The fraction of sp³-hybridized carbons (Fsp3) is 0.500. The van der Waals surface area contributed by atoms with E-state index in [1.807, 2.05) is 0 Å². The maximum Gasteiger partial charge on any atom is 0.260 e. The molecule has 8 heteroatoms. The molecule has 1 saturated carbocycles. The minimum absolute atomic E-state index is 0.0823. The number of aromatic nitrogens is 1. The van der Waals surface area contributed by atoms with E-state index in [0.717, 1.165) is 25.7 Å². The van der Waals surface area contributed by atoms with Crippen molar-refractivity contribution >= 4 is 11.8 Å². The van der Waals surface area contributed by atoms with Crippen LogP contribution in [0.5, 0.6) is 0 Å². The van der Waals surface area contributed by atoms with Gasteiger partial charge in [-0.2, -0.15) is 0 Å². The summed E-state index contributed by atoms with van der Waals surface area (Å²) in [6, 6.07) is 4.81. The molecule has 0 unspecified atom stereocenters. The van der Waals surface area contributed by atoms with Crippen LogP contribution in [0.4, 0.5) is 4.39 Å². The molecule has 0 bridgehead atoms. The topological polar surface area (TPSA) is 84.7 Å². The molecule has 3 rings (SSSR count). The van der Waals surface area contributed by atoms with Crippen molar-refractivity contribution in [1.29, 1.82) is 0 Å².